The van der Waals surface area contributed by atoms with Gasteiger partial charge in [0.25, 0.3) is 0 Å². The van der Waals surface area contributed by atoms with Gasteiger partial charge in [-0.15, -0.1) is 0 Å². The molecule has 0 aromatic carbocycles. The van der Waals surface area contributed by atoms with Gasteiger partial charge in [-0.05, 0) is 13.8 Å². The Morgan fingerprint density at radius 3 is 2.00 bits per heavy atom. The normalized spacial score (nSPS) is 18.1. The van der Waals surface area contributed by atoms with Gasteiger partial charge in [-0.3, -0.25) is 4.57 Å². The van der Waals surface area contributed by atoms with Crippen molar-refractivity contribution >= 4 is 7.37 Å². The fourth-order valence-corrected chi connectivity index (χ4v) is 0.278. The molecule has 0 fully saturated rings. The van der Waals surface area contributed by atoms with E-state index in [0.29, 0.717) is 0 Å². The molecule has 0 bridgehead atoms. The van der Waals surface area contributed by atoms with Crippen LogP contribution in [0.4, 0.5) is 0 Å². The first-order valence-corrected chi connectivity index (χ1v) is 4.63. The zero-order chi connectivity index (χ0) is 7.71. The number of hydrogen-bond donors (Lipinski definition) is 1. The van der Waals surface area contributed by atoms with Gasteiger partial charge < -0.3 is 4.89 Å². The van der Waals surface area contributed by atoms with Gasteiger partial charge in [0, 0.05) is 6.66 Å². The molecule has 0 amide bonds. The maximum absolute atomic E-state index is 10.8. The molecule has 0 aliphatic heterocycles. The molecule has 0 saturated carbocycles. The Kier molecular flexibility index (Phi) is 2.06. The van der Waals surface area contributed by atoms with Crippen LogP contribution in [-0.4, -0.2) is 16.7 Å². The van der Waals surface area contributed by atoms with Crippen molar-refractivity contribution in [2.45, 2.75) is 19.0 Å². The molecule has 1 N–H and O–H groups in total. The number of nitriles is 1. The second-order valence-corrected chi connectivity index (χ2v) is 5.43. The summed E-state index contributed by atoms with van der Waals surface area (Å²) in [6.07, 6.45) is 0. The minimum Gasteiger partial charge on any atom is -0.343 e. The molecule has 0 rings (SSSR count). The SMILES string of the molecule is CC(C)(C#N)P(C)(=O)O. The van der Waals surface area contributed by atoms with E-state index in [0.717, 1.165) is 0 Å². The summed E-state index contributed by atoms with van der Waals surface area (Å²) in [6.45, 7) is 4.10. The lowest BCUT2D eigenvalue weighted by molar-refractivity contribution is 0.463. The monoisotopic (exact) mass is 147 g/mol. The maximum Gasteiger partial charge on any atom is 0.216 e. The topological polar surface area (TPSA) is 61.1 Å². The molecule has 0 aromatic heterocycles. The van der Waals surface area contributed by atoms with Crippen LogP contribution in [0.1, 0.15) is 13.8 Å². The summed E-state index contributed by atoms with van der Waals surface area (Å²) >= 11 is 0. The zero-order valence-corrected chi connectivity index (χ0v) is 6.64. The average molecular weight is 147 g/mol. The third kappa shape index (κ3) is 1.82. The fourth-order valence-electron chi connectivity index (χ4n) is 0.0928. The molecule has 0 aliphatic rings. The molecule has 0 radical (unpaired) electrons. The van der Waals surface area contributed by atoms with E-state index in [4.69, 9.17) is 10.2 Å². The second kappa shape index (κ2) is 2.13. The van der Waals surface area contributed by atoms with E-state index in [1.54, 1.807) is 6.07 Å². The van der Waals surface area contributed by atoms with Crippen LogP contribution in [0.15, 0.2) is 0 Å². The van der Waals surface area contributed by atoms with Crippen LogP contribution in [0.5, 0.6) is 0 Å². The van der Waals surface area contributed by atoms with Gasteiger partial charge in [0.15, 0.2) is 0 Å². The van der Waals surface area contributed by atoms with Gasteiger partial charge in [-0.2, -0.15) is 5.26 Å². The number of hydrogen-bond acceptors (Lipinski definition) is 2. The van der Waals surface area contributed by atoms with Crippen molar-refractivity contribution in [1.29, 1.82) is 5.26 Å². The Labute approximate surface area is 54.8 Å². The lowest BCUT2D eigenvalue weighted by atomic mass is 10.2. The van der Waals surface area contributed by atoms with E-state index in [1.165, 1.54) is 20.5 Å². The van der Waals surface area contributed by atoms with Crippen molar-refractivity contribution in [3.63, 3.8) is 0 Å². The molecule has 1 atom stereocenters. The molecule has 3 nitrogen and oxygen atoms in total. The van der Waals surface area contributed by atoms with E-state index >= 15 is 0 Å². The highest BCUT2D eigenvalue weighted by molar-refractivity contribution is 7.59. The van der Waals surface area contributed by atoms with Crippen molar-refractivity contribution in [1.82, 2.24) is 0 Å². The van der Waals surface area contributed by atoms with E-state index < -0.39 is 12.5 Å². The highest BCUT2D eigenvalue weighted by Crippen LogP contribution is 2.49. The van der Waals surface area contributed by atoms with Crippen LogP contribution in [0.3, 0.4) is 0 Å². The van der Waals surface area contributed by atoms with Crippen molar-refractivity contribution < 1.29 is 9.46 Å². The average Bonchev–Trinajstić information content (AvgIpc) is 1.64. The maximum atomic E-state index is 10.8. The molecule has 1 unspecified atom stereocenters. The van der Waals surface area contributed by atoms with E-state index in [9.17, 15) is 4.57 Å². The highest BCUT2D eigenvalue weighted by atomic mass is 31.2. The van der Waals surface area contributed by atoms with Gasteiger partial charge >= 0.3 is 0 Å². The minimum atomic E-state index is -3.23. The molecule has 0 aliphatic carbocycles. The Balaban J connectivity index is 4.61. The zero-order valence-electron chi connectivity index (χ0n) is 5.75. The standard InChI is InChI=1S/C5H10NO2P/c1-5(2,4-6)9(3,7)8/h1-3H3,(H,7,8). The number of nitrogens with zero attached hydrogens (tertiary/aromatic N) is 1. The first-order chi connectivity index (χ1) is 3.81. The molecular weight excluding hydrogens is 137 g/mol. The van der Waals surface area contributed by atoms with Gasteiger partial charge in [-0.1, -0.05) is 0 Å². The van der Waals surface area contributed by atoms with Crippen molar-refractivity contribution in [2.24, 2.45) is 0 Å². The second-order valence-electron chi connectivity index (χ2n) is 2.55. The Hall–Kier alpha value is -0.320. The lowest BCUT2D eigenvalue weighted by Crippen LogP contribution is -2.15. The van der Waals surface area contributed by atoms with Gasteiger partial charge in [-0.25, -0.2) is 0 Å². The predicted molar refractivity (Wildman–Crippen MR) is 35.4 cm³/mol. The summed E-state index contributed by atoms with van der Waals surface area (Å²) < 4.78 is 10.8. The van der Waals surface area contributed by atoms with Crippen LogP contribution < -0.4 is 0 Å². The highest BCUT2D eigenvalue weighted by Gasteiger charge is 2.34. The molecule has 4 heteroatoms. The molecule has 9 heavy (non-hydrogen) atoms. The largest absolute Gasteiger partial charge is 0.343 e. The Morgan fingerprint density at radius 2 is 2.00 bits per heavy atom. The van der Waals surface area contributed by atoms with Crippen molar-refractivity contribution in [3.8, 4) is 6.07 Å². The fraction of sp³-hybridized carbons (Fsp3) is 0.800. The van der Waals surface area contributed by atoms with Crippen molar-refractivity contribution in [3.05, 3.63) is 0 Å². The van der Waals surface area contributed by atoms with Gasteiger partial charge in [0.1, 0.15) is 5.16 Å². The summed E-state index contributed by atoms with van der Waals surface area (Å²) in [6, 6.07) is 1.77. The van der Waals surface area contributed by atoms with Crippen LogP contribution in [0, 0.1) is 11.3 Å². The van der Waals surface area contributed by atoms with Gasteiger partial charge in [0.05, 0.1) is 6.07 Å². The third-order valence-corrected chi connectivity index (χ3v) is 3.49. The third-order valence-electron chi connectivity index (χ3n) is 1.31. The van der Waals surface area contributed by atoms with E-state index in [2.05, 4.69) is 0 Å². The van der Waals surface area contributed by atoms with Crippen LogP contribution in [0.2, 0.25) is 0 Å². The summed E-state index contributed by atoms with van der Waals surface area (Å²) in [5, 5.41) is 7.24. The van der Waals surface area contributed by atoms with Crippen LogP contribution in [0.25, 0.3) is 0 Å². The van der Waals surface area contributed by atoms with Crippen LogP contribution >= 0.6 is 7.37 Å². The van der Waals surface area contributed by atoms with E-state index in [-0.39, 0.29) is 0 Å². The van der Waals surface area contributed by atoms with E-state index in [1.807, 2.05) is 0 Å². The Morgan fingerprint density at radius 1 is 1.67 bits per heavy atom. The summed E-state index contributed by atoms with van der Waals surface area (Å²) in [5.74, 6) is 0. The number of rotatable bonds is 1. The summed E-state index contributed by atoms with van der Waals surface area (Å²) in [4.78, 5) is 8.88. The molecule has 0 aromatic rings. The molecule has 0 spiro atoms. The molecule has 0 heterocycles. The summed E-state index contributed by atoms with van der Waals surface area (Å²) in [7, 11) is -3.23. The first-order valence-electron chi connectivity index (χ1n) is 2.53. The predicted octanol–water partition coefficient (Wildman–Crippen LogP) is 1.19. The first kappa shape index (κ1) is 8.68. The molecular formula is C5H10NO2P. The Bertz CT molecular complexity index is 186. The summed E-state index contributed by atoms with van der Waals surface area (Å²) in [5.41, 5.74) is 0. The smallest absolute Gasteiger partial charge is 0.216 e. The van der Waals surface area contributed by atoms with Gasteiger partial charge in [0.2, 0.25) is 7.37 Å². The van der Waals surface area contributed by atoms with Crippen LogP contribution in [-0.2, 0) is 4.57 Å². The quantitative estimate of drug-likeness (QED) is 0.566. The van der Waals surface area contributed by atoms with Crippen molar-refractivity contribution in [2.75, 3.05) is 6.66 Å². The molecule has 52 valence electrons. The lowest BCUT2D eigenvalue weighted by Gasteiger charge is -2.17. The minimum absolute atomic E-state index is 1.10. The molecule has 0 saturated heterocycles.